The van der Waals surface area contributed by atoms with E-state index in [0.29, 0.717) is 5.56 Å². The summed E-state index contributed by atoms with van der Waals surface area (Å²) in [5.41, 5.74) is 0.869. The van der Waals surface area contributed by atoms with Crippen molar-refractivity contribution in [2.45, 2.75) is 13.1 Å². The largest absolute Gasteiger partial charge is 0.433 e. The third-order valence-electron chi connectivity index (χ3n) is 2.30. The SMILES string of the molecule is Cc1cccc(-c2cc(C(F)(F)F)nc(Br)n2)c1. The maximum atomic E-state index is 12.6. The molecule has 0 unspecified atom stereocenters. The molecule has 0 atom stereocenters. The Bertz CT molecular complexity index is 582. The molecule has 0 aliphatic carbocycles. The Labute approximate surface area is 110 Å². The number of aromatic nitrogens is 2. The lowest BCUT2D eigenvalue weighted by atomic mass is 10.1. The minimum atomic E-state index is -4.48. The standard InChI is InChI=1S/C12H8BrF3N2/c1-7-3-2-4-8(5-7)9-6-10(12(14,15)16)18-11(13)17-9/h2-6H,1H3. The molecule has 0 saturated carbocycles. The van der Waals surface area contributed by atoms with Crippen molar-refractivity contribution in [2.75, 3.05) is 0 Å². The Hall–Kier alpha value is -1.43. The average Bonchev–Trinajstić information content (AvgIpc) is 2.27. The molecule has 94 valence electrons. The Morgan fingerprint density at radius 3 is 2.44 bits per heavy atom. The van der Waals surface area contributed by atoms with Gasteiger partial charge in [0.05, 0.1) is 5.69 Å². The van der Waals surface area contributed by atoms with Gasteiger partial charge in [-0.25, -0.2) is 9.97 Å². The lowest BCUT2D eigenvalue weighted by molar-refractivity contribution is -0.141. The first-order valence-electron chi connectivity index (χ1n) is 5.05. The smallest absolute Gasteiger partial charge is 0.222 e. The number of benzene rings is 1. The van der Waals surface area contributed by atoms with E-state index in [9.17, 15) is 13.2 Å². The first kappa shape index (κ1) is 13.0. The van der Waals surface area contributed by atoms with Crippen molar-refractivity contribution in [1.29, 1.82) is 0 Å². The Balaban J connectivity index is 2.55. The van der Waals surface area contributed by atoms with Crippen molar-refractivity contribution in [3.63, 3.8) is 0 Å². The van der Waals surface area contributed by atoms with Crippen molar-refractivity contribution in [2.24, 2.45) is 0 Å². The van der Waals surface area contributed by atoms with Crippen LogP contribution in [-0.4, -0.2) is 9.97 Å². The molecule has 0 radical (unpaired) electrons. The molecule has 0 N–H and O–H groups in total. The molecule has 2 aromatic rings. The van der Waals surface area contributed by atoms with E-state index >= 15 is 0 Å². The minimum absolute atomic E-state index is 0.0752. The highest BCUT2D eigenvalue weighted by Crippen LogP contribution is 2.31. The Morgan fingerprint density at radius 2 is 1.83 bits per heavy atom. The molecule has 0 saturated heterocycles. The maximum Gasteiger partial charge on any atom is 0.433 e. The first-order chi connectivity index (χ1) is 8.36. The zero-order valence-electron chi connectivity index (χ0n) is 9.29. The fraction of sp³-hybridized carbons (Fsp3) is 0.167. The molecule has 0 aliphatic rings. The van der Waals surface area contributed by atoms with Crippen molar-refractivity contribution < 1.29 is 13.2 Å². The molecular formula is C12H8BrF3N2. The molecule has 1 aromatic carbocycles. The van der Waals surface area contributed by atoms with Crippen molar-refractivity contribution >= 4 is 15.9 Å². The van der Waals surface area contributed by atoms with Gasteiger partial charge in [0.1, 0.15) is 5.69 Å². The number of aryl methyl sites for hydroxylation is 1. The van der Waals surface area contributed by atoms with Crippen LogP contribution in [0.4, 0.5) is 13.2 Å². The Morgan fingerprint density at radius 1 is 1.11 bits per heavy atom. The van der Waals surface area contributed by atoms with Crippen molar-refractivity contribution in [3.8, 4) is 11.3 Å². The van der Waals surface area contributed by atoms with Crippen molar-refractivity contribution in [1.82, 2.24) is 9.97 Å². The molecule has 0 bridgehead atoms. The predicted molar refractivity (Wildman–Crippen MR) is 64.9 cm³/mol. The molecule has 1 aromatic heterocycles. The predicted octanol–water partition coefficient (Wildman–Crippen LogP) is 4.23. The van der Waals surface area contributed by atoms with Crippen LogP contribution in [0.25, 0.3) is 11.3 Å². The molecule has 2 rings (SSSR count). The number of hydrogen-bond donors (Lipinski definition) is 0. The first-order valence-corrected chi connectivity index (χ1v) is 5.84. The van der Waals surface area contributed by atoms with E-state index < -0.39 is 11.9 Å². The van der Waals surface area contributed by atoms with Crippen molar-refractivity contribution in [3.05, 3.63) is 46.3 Å². The highest BCUT2D eigenvalue weighted by atomic mass is 79.9. The summed E-state index contributed by atoms with van der Waals surface area (Å²) < 4.78 is 37.8. The second-order valence-corrected chi connectivity index (χ2v) is 4.48. The van der Waals surface area contributed by atoms with Crippen LogP contribution in [0.15, 0.2) is 35.1 Å². The number of rotatable bonds is 1. The summed E-state index contributed by atoms with van der Waals surface area (Å²) in [7, 11) is 0. The summed E-state index contributed by atoms with van der Waals surface area (Å²) in [6.45, 7) is 1.87. The normalized spacial score (nSPS) is 11.6. The molecule has 6 heteroatoms. The van der Waals surface area contributed by atoms with Crippen LogP contribution >= 0.6 is 15.9 Å². The van der Waals surface area contributed by atoms with Crippen LogP contribution in [0.3, 0.4) is 0 Å². The van der Waals surface area contributed by atoms with Crippen LogP contribution < -0.4 is 0 Å². The summed E-state index contributed by atoms with van der Waals surface area (Å²) in [5.74, 6) is 0. The fourth-order valence-corrected chi connectivity index (χ4v) is 1.90. The van der Waals surface area contributed by atoms with E-state index in [1.54, 1.807) is 18.2 Å². The van der Waals surface area contributed by atoms with E-state index in [2.05, 4.69) is 25.9 Å². The fourth-order valence-electron chi connectivity index (χ4n) is 1.52. The summed E-state index contributed by atoms with van der Waals surface area (Å²) in [4.78, 5) is 7.30. The number of alkyl halides is 3. The van der Waals surface area contributed by atoms with Gasteiger partial charge >= 0.3 is 6.18 Å². The molecule has 18 heavy (non-hydrogen) atoms. The molecular weight excluding hydrogens is 309 g/mol. The van der Waals surface area contributed by atoms with Crippen LogP contribution in [0, 0.1) is 6.92 Å². The third kappa shape index (κ3) is 2.87. The molecule has 0 amide bonds. The molecule has 1 heterocycles. The molecule has 0 fully saturated rings. The lowest BCUT2D eigenvalue weighted by Crippen LogP contribution is -2.09. The van der Waals surface area contributed by atoms with E-state index in [-0.39, 0.29) is 10.4 Å². The van der Waals surface area contributed by atoms with Gasteiger partial charge in [-0.1, -0.05) is 23.8 Å². The number of nitrogens with zero attached hydrogens (tertiary/aromatic N) is 2. The zero-order chi connectivity index (χ0) is 13.3. The van der Waals surface area contributed by atoms with Crippen LogP contribution in [-0.2, 0) is 6.18 Å². The number of hydrogen-bond acceptors (Lipinski definition) is 2. The monoisotopic (exact) mass is 316 g/mol. The molecule has 2 nitrogen and oxygen atoms in total. The molecule has 0 spiro atoms. The second-order valence-electron chi connectivity index (χ2n) is 3.77. The van der Waals surface area contributed by atoms with E-state index in [4.69, 9.17) is 0 Å². The van der Waals surface area contributed by atoms with Crippen LogP contribution in [0.5, 0.6) is 0 Å². The van der Waals surface area contributed by atoms with E-state index in [0.717, 1.165) is 11.6 Å². The lowest BCUT2D eigenvalue weighted by Gasteiger charge is -2.08. The quantitative estimate of drug-likeness (QED) is 0.736. The summed E-state index contributed by atoms with van der Waals surface area (Å²) in [5, 5.41) is 0. The van der Waals surface area contributed by atoms with Gasteiger partial charge in [-0.15, -0.1) is 0 Å². The average molecular weight is 317 g/mol. The Kier molecular flexibility index (Phi) is 3.38. The maximum absolute atomic E-state index is 12.6. The summed E-state index contributed by atoms with van der Waals surface area (Å²) in [6, 6.07) is 8.06. The van der Waals surface area contributed by atoms with Crippen LogP contribution in [0.2, 0.25) is 0 Å². The highest BCUT2D eigenvalue weighted by Gasteiger charge is 2.33. The van der Waals surface area contributed by atoms with Gasteiger partial charge < -0.3 is 0 Å². The zero-order valence-corrected chi connectivity index (χ0v) is 10.9. The molecule has 0 aliphatic heterocycles. The van der Waals surface area contributed by atoms with Gasteiger partial charge in [0, 0.05) is 5.56 Å². The third-order valence-corrected chi connectivity index (χ3v) is 2.66. The van der Waals surface area contributed by atoms with Crippen LogP contribution in [0.1, 0.15) is 11.3 Å². The van der Waals surface area contributed by atoms with Gasteiger partial charge in [0.15, 0.2) is 4.73 Å². The summed E-state index contributed by atoms with van der Waals surface area (Å²) in [6.07, 6.45) is -4.48. The highest BCUT2D eigenvalue weighted by molar-refractivity contribution is 9.10. The van der Waals surface area contributed by atoms with Gasteiger partial charge in [0.2, 0.25) is 0 Å². The second kappa shape index (κ2) is 4.68. The topological polar surface area (TPSA) is 25.8 Å². The van der Waals surface area contributed by atoms with E-state index in [1.165, 1.54) is 0 Å². The van der Waals surface area contributed by atoms with E-state index in [1.807, 2.05) is 13.0 Å². The van der Waals surface area contributed by atoms with Gasteiger partial charge in [0.25, 0.3) is 0 Å². The number of halogens is 4. The van der Waals surface area contributed by atoms with Gasteiger partial charge in [-0.05, 0) is 35.0 Å². The van der Waals surface area contributed by atoms with Gasteiger partial charge in [-0.2, -0.15) is 13.2 Å². The van der Waals surface area contributed by atoms with Gasteiger partial charge in [-0.3, -0.25) is 0 Å². The summed E-state index contributed by atoms with van der Waals surface area (Å²) >= 11 is 2.90. The minimum Gasteiger partial charge on any atom is -0.222 e.